The summed E-state index contributed by atoms with van der Waals surface area (Å²) in [4.78, 5) is 17.8. The number of methoxy groups -OCH3 is 1. The molecule has 6 heteroatoms. The Morgan fingerprint density at radius 2 is 2.15 bits per heavy atom. The second kappa shape index (κ2) is 8.58. The van der Waals surface area contributed by atoms with Crippen molar-refractivity contribution in [3.8, 4) is 16.9 Å². The minimum atomic E-state index is -0.392. The fourth-order valence-electron chi connectivity index (χ4n) is 2.62. The van der Waals surface area contributed by atoms with Crippen molar-refractivity contribution in [2.24, 2.45) is 0 Å². The number of furan rings is 1. The van der Waals surface area contributed by atoms with Crippen LogP contribution in [-0.4, -0.2) is 24.7 Å². The summed E-state index contributed by atoms with van der Waals surface area (Å²) in [5.74, 6) is 0.701. The zero-order valence-corrected chi connectivity index (χ0v) is 15.4. The number of nitrogens with zero attached hydrogens (tertiary/aromatic N) is 1. The number of pyridine rings is 1. The molecule has 3 aromatic rings. The van der Waals surface area contributed by atoms with E-state index < -0.39 is 5.97 Å². The Kier molecular flexibility index (Phi) is 5.96. The van der Waals surface area contributed by atoms with E-state index in [0.717, 1.165) is 21.6 Å². The number of hydrogen-bond donors (Lipinski definition) is 0. The van der Waals surface area contributed by atoms with E-state index in [2.05, 4.69) is 4.98 Å². The standard InChI is InChI=1S/C20H19NO4S/c1-3-25-20(22)18-15(13-26-16-5-4-9-21-11-16)6-7-17(19(18)23-2)14-8-10-24-12-14/h4-12H,3,13H2,1-2H3. The first-order valence-corrected chi connectivity index (χ1v) is 9.15. The predicted octanol–water partition coefficient (Wildman–Crippen LogP) is 4.82. The molecule has 3 rings (SSSR count). The fourth-order valence-corrected chi connectivity index (χ4v) is 3.49. The number of hydrogen-bond acceptors (Lipinski definition) is 6. The van der Waals surface area contributed by atoms with Gasteiger partial charge in [-0.3, -0.25) is 4.98 Å². The van der Waals surface area contributed by atoms with E-state index in [1.807, 2.05) is 30.3 Å². The summed E-state index contributed by atoms with van der Waals surface area (Å²) >= 11 is 1.60. The Labute approximate surface area is 156 Å². The van der Waals surface area contributed by atoms with Gasteiger partial charge in [0, 0.05) is 34.2 Å². The third-order valence-corrected chi connectivity index (χ3v) is 4.82. The van der Waals surface area contributed by atoms with Crippen LogP contribution in [0.1, 0.15) is 22.8 Å². The van der Waals surface area contributed by atoms with Gasteiger partial charge in [0.25, 0.3) is 0 Å². The smallest absolute Gasteiger partial charge is 0.342 e. The maximum absolute atomic E-state index is 12.6. The third kappa shape index (κ3) is 3.91. The highest BCUT2D eigenvalue weighted by molar-refractivity contribution is 7.98. The molecule has 1 aromatic carbocycles. The van der Waals surface area contributed by atoms with Gasteiger partial charge in [0.15, 0.2) is 0 Å². The maximum Gasteiger partial charge on any atom is 0.342 e. The average Bonchev–Trinajstić information content (AvgIpc) is 3.21. The van der Waals surface area contributed by atoms with E-state index in [0.29, 0.717) is 23.7 Å². The molecular weight excluding hydrogens is 350 g/mol. The molecule has 0 spiro atoms. The van der Waals surface area contributed by atoms with Crippen molar-refractivity contribution in [3.05, 3.63) is 66.4 Å². The lowest BCUT2D eigenvalue weighted by Crippen LogP contribution is -2.11. The molecule has 0 amide bonds. The number of aromatic nitrogens is 1. The summed E-state index contributed by atoms with van der Waals surface area (Å²) in [5, 5.41) is 0. The number of benzene rings is 1. The van der Waals surface area contributed by atoms with Gasteiger partial charge in [-0.1, -0.05) is 12.1 Å². The SMILES string of the molecule is CCOC(=O)c1c(CSc2cccnc2)ccc(-c2ccoc2)c1OC. The van der Waals surface area contributed by atoms with Gasteiger partial charge in [-0.15, -0.1) is 11.8 Å². The van der Waals surface area contributed by atoms with E-state index in [1.54, 1.807) is 50.7 Å². The van der Waals surface area contributed by atoms with Crippen LogP contribution in [0, 0.1) is 0 Å². The van der Waals surface area contributed by atoms with Gasteiger partial charge in [-0.2, -0.15) is 0 Å². The molecule has 0 N–H and O–H groups in total. The van der Waals surface area contributed by atoms with Crippen molar-refractivity contribution in [2.45, 2.75) is 17.6 Å². The molecule has 0 aliphatic rings. The van der Waals surface area contributed by atoms with Gasteiger partial charge in [0.05, 0.1) is 26.2 Å². The van der Waals surface area contributed by atoms with E-state index in [9.17, 15) is 4.79 Å². The minimum Gasteiger partial charge on any atom is -0.495 e. The van der Waals surface area contributed by atoms with E-state index in [1.165, 1.54) is 0 Å². The first kappa shape index (κ1) is 18.1. The molecule has 0 radical (unpaired) electrons. The lowest BCUT2D eigenvalue weighted by atomic mass is 9.99. The number of rotatable bonds is 7. The quantitative estimate of drug-likeness (QED) is 0.439. The minimum absolute atomic E-state index is 0.299. The zero-order valence-electron chi connectivity index (χ0n) is 14.6. The number of carbonyl (C=O) groups is 1. The summed E-state index contributed by atoms with van der Waals surface area (Å²) < 4.78 is 16.0. The molecule has 0 saturated heterocycles. The molecule has 0 atom stereocenters. The summed E-state index contributed by atoms with van der Waals surface area (Å²) in [5.41, 5.74) is 2.93. The van der Waals surface area contributed by atoms with E-state index in [-0.39, 0.29) is 0 Å². The largest absolute Gasteiger partial charge is 0.495 e. The second-order valence-electron chi connectivity index (χ2n) is 5.39. The van der Waals surface area contributed by atoms with E-state index >= 15 is 0 Å². The summed E-state index contributed by atoms with van der Waals surface area (Å²) in [7, 11) is 1.56. The second-order valence-corrected chi connectivity index (χ2v) is 6.44. The number of ether oxygens (including phenoxy) is 2. The molecule has 2 heterocycles. The van der Waals surface area contributed by atoms with Gasteiger partial charge in [0.2, 0.25) is 0 Å². The molecule has 0 fully saturated rings. The summed E-state index contributed by atoms with van der Waals surface area (Å²) in [6.07, 6.45) is 6.74. The van der Waals surface area contributed by atoms with Gasteiger partial charge in [0.1, 0.15) is 11.3 Å². The highest BCUT2D eigenvalue weighted by Crippen LogP contribution is 2.37. The van der Waals surface area contributed by atoms with Gasteiger partial charge < -0.3 is 13.9 Å². The van der Waals surface area contributed by atoms with Crippen LogP contribution >= 0.6 is 11.8 Å². The molecule has 0 unspecified atom stereocenters. The lowest BCUT2D eigenvalue weighted by molar-refractivity contribution is 0.0522. The summed E-state index contributed by atoms with van der Waals surface area (Å²) in [6, 6.07) is 9.57. The van der Waals surface area contributed by atoms with Crippen molar-refractivity contribution >= 4 is 17.7 Å². The van der Waals surface area contributed by atoms with Crippen LogP contribution < -0.4 is 4.74 Å². The average molecular weight is 369 g/mol. The molecule has 134 valence electrons. The van der Waals surface area contributed by atoms with Gasteiger partial charge in [-0.05, 0) is 30.7 Å². The fraction of sp³-hybridized carbons (Fsp3) is 0.200. The molecule has 5 nitrogen and oxygen atoms in total. The monoisotopic (exact) mass is 369 g/mol. The van der Waals surface area contributed by atoms with Crippen molar-refractivity contribution in [2.75, 3.05) is 13.7 Å². The molecule has 0 bridgehead atoms. The van der Waals surface area contributed by atoms with Crippen LogP contribution in [0.15, 0.2) is 64.6 Å². The highest BCUT2D eigenvalue weighted by atomic mass is 32.2. The van der Waals surface area contributed by atoms with Crippen LogP contribution in [0.25, 0.3) is 11.1 Å². The third-order valence-electron chi connectivity index (χ3n) is 3.79. The number of carbonyl (C=O) groups excluding carboxylic acids is 1. The van der Waals surface area contributed by atoms with Crippen LogP contribution in [0.5, 0.6) is 5.75 Å². The van der Waals surface area contributed by atoms with Crippen molar-refractivity contribution in [1.82, 2.24) is 4.98 Å². The van der Waals surface area contributed by atoms with Crippen LogP contribution in [0.3, 0.4) is 0 Å². The Hall–Kier alpha value is -2.73. The molecule has 0 aliphatic carbocycles. The molecule has 2 aromatic heterocycles. The van der Waals surface area contributed by atoms with E-state index in [4.69, 9.17) is 13.9 Å². The molecular formula is C20H19NO4S. The Bertz CT molecular complexity index is 863. The Balaban J connectivity index is 2.01. The highest BCUT2D eigenvalue weighted by Gasteiger charge is 2.23. The van der Waals surface area contributed by atoms with Crippen LogP contribution in [0.4, 0.5) is 0 Å². The number of esters is 1. The number of thioether (sulfide) groups is 1. The van der Waals surface area contributed by atoms with Crippen molar-refractivity contribution in [1.29, 1.82) is 0 Å². The first-order valence-electron chi connectivity index (χ1n) is 8.17. The maximum atomic E-state index is 12.6. The van der Waals surface area contributed by atoms with Crippen molar-refractivity contribution in [3.63, 3.8) is 0 Å². The Morgan fingerprint density at radius 3 is 2.81 bits per heavy atom. The molecule has 0 saturated carbocycles. The van der Waals surface area contributed by atoms with Crippen LogP contribution in [0.2, 0.25) is 0 Å². The molecule has 0 aliphatic heterocycles. The predicted molar refractivity (Wildman–Crippen MR) is 100 cm³/mol. The van der Waals surface area contributed by atoms with Gasteiger partial charge in [-0.25, -0.2) is 4.79 Å². The molecule has 26 heavy (non-hydrogen) atoms. The van der Waals surface area contributed by atoms with Gasteiger partial charge >= 0.3 is 5.97 Å². The first-order chi connectivity index (χ1) is 12.7. The lowest BCUT2D eigenvalue weighted by Gasteiger charge is -2.16. The Morgan fingerprint density at radius 1 is 1.27 bits per heavy atom. The normalized spacial score (nSPS) is 10.5. The van der Waals surface area contributed by atoms with Crippen molar-refractivity contribution < 1.29 is 18.7 Å². The zero-order chi connectivity index (χ0) is 18.4. The topological polar surface area (TPSA) is 61.6 Å². The summed E-state index contributed by atoms with van der Waals surface area (Å²) in [6.45, 7) is 2.08. The van der Waals surface area contributed by atoms with Crippen LogP contribution in [-0.2, 0) is 10.5 Å².